The molecule has 0 aromatic rings. The van der Waals surface area contributed by atoms with Gasteiger partial charge in [0.25, 0.3) is 0 Å². The first-order valence-electron chi connectivity index (χ1n) is 6.11. The third-order valence-corrected chi connectivity index (χ3v) is 5.26. The minimum Gasteiger partial charge on any atom is -0.370 e. The van der Waals surface area contributed by atoms with E-state index in [1.54, 1.807) is 4.90 Å². The van der Waals surface area contributed by atoms with E-state index < -0.39 is 9.84 Å². The van der Waals surface area contributed by atoms with Gasteiger partial charge in [-0.2, -0.15) is 0 Å². The Morgan fingerprint density at radius 3 is 2.69 bits per heavy atom. The summed E-state index contributed by atoms with van der Waals surface area (Å²) in [5.41, 5.74) is 0. The van der Waals surface area contributed by atoms with Crippen LogP contribution in [0.3, 0.4) is 0 Å². The molecule has 0 aliphatic carbocycles. The predicted octanol–water partition coefficient (Wildman–Crippen LogP) is -3.35. The van der Waals surface area contributed by atoms with Crippen LogP contribution >= 0.6 is 0 Å². The number of hydrogen-bond acceptors (Lipinski definition) is 3. The van der Waals surface area contributed by atoms with E-state index >= 15 is 0 Å². The zero-order valence-electron chi connectivity index (χ0n) is 9.65. The molecule has 0 aromatic heterocycles. The monoisotopic (exact) mass is 250 g/mol. The van der Waals surface area contributed by atoms with Gasteiger partial charge in [0, 0.05) is 6.42 Å². The molecule has 3 N–H and O–H groups in total. The molecule has 0 unspecified atom stereocenters. The molecule has 94 valence electrons. The molecule has 2 rings (SSSR count). The number of nitrogens with one attached hydrogen (secondary N) is 1. The Morgan fingerprint density at radius 1 is 1.31 bits per heavy atom. The Morgan fingerprint density at radius 2 is 2.06 bits per heavy atom. The van der Waals surface area contributed by atoms with Gasteiger partial charge in [-0.3, -0.25) is 0 Å². The molecule has 16 heavy (non-hydrogen) atoms. The average Bonchev–Trinajstić information content (AvgIpc) is 2.60. The Bertz CT molecular complexity index is 312. The summed E-state index contributed by atoms with van der Waals surface area (Å²) in [4.78, 5) is 1.59. The van der Waals surface area contributed by atoms with Crippen LogP contribution in [0.5, 0.6) is 0 Å². The van der Waals surface area contributed by atoms with Crippen LogP contribution in [0.2, 0.25) is 0 Å². The van der Waals surface area contributed by atoms with Gasteiger partial charge in [0.15, 0.2) is 9.84 Å². The second-order valence-electron chi connectivity index (χ2n) is 4.80. The highest BCUT2D eigenvalue weighted by atomic mass is 32.2. The summed E-state index contributed by atoms with van der Waals surface area (Å²) in [5, 5.41) is 2.22. The van der Waals surface area contributed by atoms with Gasteiger partial charge >= 0.3 is 0 Å². The van der Waals surface area contributed by atoms with Gasteiger partial charge in [-0.15, -0.1) is 0 Å². The fourth-order valence-electron chi connectivity index (χ4n) is 2.44. The summed E-state index contributed by atoms with van der Waals surface area (Å²) in [6.45, 7) is 6.09. The second kappa shape index (κ2) is 5.44. The fourth-order valence-corrected chi connectivity index (χ4v) is 4.23. The molecule has 6 heteroatoms. The van der Waals surface area contributed by atoms with Crippen LogP contribution in [-0.4, -0.2) is 65.4 Å². The molecule has 2 saturated heterocycles. The summed E-state index contributed by atoms with van der Waals surface area (Å²) in [6, 6.07) is 0.311. The number of quaternary nitrogens is 2. The molecular formula is C10H22N2O3S+2. The maximum atomic E-state index is 11.3. The van der Waals surface area contributed by atoms with Gasteiger partial charge in [-0.25, -0.2) is 8.42 Å². The fraction of sp³-hybridized carbons (Fsp3) is 1.00. The summed E-state index contributed by atoms with van der Waals surface area (Å²) >= 11 is 0. The van der Waals surface area contributed by atoms with Crippen molar-refractivity contribution in [3.05, 3.63) is 0 Å². The van der Waals surface area contributed by atoms with Crippen molar-refractivity contribution in [1.82, 2.24) is 0 Å². The van der Waals surface area contributed by atoms with E-state index in [1.807, 2.05) is 0 Å². The molecule has 0 amide bonds. The van der Waals surface area contributed by atoms with Crippen LogP contribution < -0.4 is 10.2 Å². The highest BCUT2D eigenvalue weighted by Crippen LogP contribution is 2.07. The molecule has 0 aromatic carbocycles. The topological polar surface area (TPSA) is 64.4 Å². The van der Waals surface area contributed by atoms with Gasteiger partial charge < -0.3 is 15.0 Å². The van der Waals surface area contributed by atoms with Gasteiger partial charge in [-0.05, 0) is 0 Å². The molecule has 2 heterocycles. The van der Waals surface area contributed by atoms with E-state index in [2.05, 4.69) is 5.32 Å². The zero-order valence-corrected chi connectivity index (χ0v) is 10.5. The summed E-state index contributed by atoms with van der Waals surface area (Å²) in [5.74, 6) is 0.768. The third-order valence-electron chi connectivity index (χ3n) is 3.47. The molecule has 2 fully saturated rings. The standard InChI is InChI=1S/C10H20N2O3S/c13-16(14)8-1-10(9-16)11-2-3-12-4-6-15-7-5-12/h10-11H,1-9H2/p+2/t10-/m0/s1. The van der Waals surface area contributed by atoms with Crippen molar-refractivity contribution in [3.63, 3.8) is 0 Å². The molecule has 0 saturated carbocycles. The Labute approximate surface area is 97.1 Å². The highest BCUT2D eigenvalue weighted by Gasteiger charge is 2.30. The van der Waals surface area contributed by atoms with Gasteiger partial charge in [-0.1, -0.05) is 0 Å². The lowest BCUT2D eigenvalue weighted by Crippen LogP contribution is -3.16. The van der Waals surface area contributed by atoms with E-state index in [4.69, 9.17) is 4.74 Å². The van der Waals surface area contributed by atoms with Crippen molar-refractivity contribution in [3.8, 4) is 0 Å². The first-order chi connectivity index (χ1) is 7.66. The molecule has 0 bridgehead atoms. The van der Waals surface area contributed by atoms with Gasteiger partial charge in [0.05, 0.1) is 19.0 Å². The molecule has 0 spiro atoms. The van der Waals surface area contributed by atoms with Crippen LogP contribution in [-0.2, 0) is 14.6 Å². The van der Waals surface area contributed by atoms with E-state index in [9.17, 15) is 8.42 Å². The first kappa shape index (κ1) is 12.3. The number of morpholine rings is 1. The average molecular weight is 250 g/mol. The predicted molar refractivity (Wildman–Crippen MR) is 60.2 cm³/mol. The molecule has 2 aliphatic heterocycles. The van der Waals surface area contributed by atoms with Gasteiger partial charge in [0.2, 0.25) is 0 Å². The van der Waals surface area contributed by atoms with Crippen molar-refractivity contribution in [1.29, 1.82) is 0 Å². The quantitative estimate of drug-likeness (QED) is 0.548. The highest BCUT2D eigenvalue weighted by molar-refractivity contribution is 7.91. The van der Waals surface area contributed by atoms with Crippen LogP contribution in [0.15, 0.2) is 0 Å². The summed E-state index contributed by atoms with van der Waals surface area (Å²) in [7, 11) is -2.71. The van der Waals surface area contributed by atoms with E-state index in [0.717, 1.165) is 45.8 Å². The van der Waals surface area contributed by atoms with E-state index in [0.29, 0.717) is 17.5 Å². The number of hydrogen-bond donors (Lipinski definition) is 2. The second-order valence-corrected chi connectivity index (χ2v) is 7.03. The molecule has 1 atom stereocenters. The van der Waals surface area contributed by atoms with Crippen LogP contribution in [0.25, 0.3) is 0 Å². The Balaban J connectivity index is 1.61. The third kappa shape index (κ3) is 3.69. The van der Waals surface area contributed by atoms with Crippen LogP contribution in [0.1, 0.15) is 6.42 Å². The van der Waals surface area contributed by atoms with Crippen LogP contribution in [0, 0.1) is 0 Å². The lowest BCUT2D eigenvalue weighted by molar-refractivity contribution is -0.921. The first-order valence-corrected chi connectivity index (χ1v) is 7.93. The molecular weight excluding hydrogens is 228 g/mol. The van der Waals surface area contributed by atoms with Crippen molar-refractivity contribution in [2.75, 3.05) is 50.9 Å². The van der Waals surface area contributed by atoms with Crippen LogP contribution in [0.4, 0.5) is 0 Å². The Hall–Kier alpha value is -0.170. The molecule has 5 nitrogen and oxygen atoms in total. The SMILES string of the molecule is O=S1(=O)CC[C@H]([NH2+]CC[NH+]2CCOCC2)C1. The van der Waals surface area contributed by atoms with E-state index in [-0.39, 0.29) is 0 Å². The number of ether oxygens (including phenoxy) is 1. The summed E-state index contributed by atoms with van der Waals surface area (Å²) in [6.07, 6.45) is 0.834. The van der Waals surface area contributed by atoms with Crippen molar-refractivity contribution >= 4 is 9.84 Å². The molecule has 2 aliphatic rings. The largest absolute Gasteiger partial charge is 0.370 e. The lowest BCUT2D eigenvalue weighted by Gasteiger charge is -2.23. The van der Waals surface area contributed by atoms with Crippen molar-refractivity contribution in [2.24, 2.45) is 0 Å². The smallest absolute Gasteiger partial charge is 0.156 e. The summed E-state index contributed by atoms with van der Waals surface area (Å²) < 4.78 is 27.8. The van der Waals surface area contributed by atoms with Crippen molar-refractivity contribution < 1.29 is 23.4 Å². The Kier molecular flexibility index (Phi) is 4.18. The van der Waals surface area contributed by atoms with Gasteiger partial charge in [0.1, 0.15) is 38.0 Å². The maximum absolute atomic E-state index is 11.3. The minimum atomic E-state index is -2.71. The van der Waals surface area contributed by atoms with Crippen molar-refractivity contribution in [2.45, 2.75) is 12.5 Å². The van der Waals surface area contributed by atoms with E-state index in [1.165, 1.54) is 0 Å². The zero-order chi connectivity index (χ0) is 11.4. The number of sulfone groups is 1. The number of rotatable bonds is 4. The molecule has 0 radical (unpaired) electrons. The maximum Gasteiger partial charge on any atom is 0.156 e. The lowest BCUT2D eigenvalue weighted by atomic mass is 10.2. The number of nitrogens with two attached hydrogens (primary N) is 1. The normalized spacial score (nSPS) is 30.6. The minimum absolute atomic E-state index is 0.311.